The Morgan fingerprint density at radius 2 is 1.14 bits per heavy atom. The first kappa shape index (κ1) is 16.4. The van der Waals surface area contributed by atoms with Crippen molar-refractivity contribution >= 4 is 38.6 Å². The van der Waals surface area contributed by atoms with Gasteiger partial charge in [-0.05, 0) is 57.6 Å². The highest BCUT2D eigenvalue weighted by Gasteiger charge is 2.05. The van der Waals surface area contributed by atoms with Crippen molar-refractivity contribution in [1.82, 2.24) is 0 Å². The molecule has 5 aromatic carbocycles. The van der Waals surface area contributed by atoms with Gasteiger partial charge >= 0.3 is 0 Å². The van der Waals surface area contributed by atoms with E-state index in [-0.39, 0.29) is 0 Å². The Morgan fingerprint density at radius 3 is 1.93 bits per heavy atom. The third kappa shape index (κ3) is 2.95. The van der Waals surface area contributed by atoms with Crippen molar-refractivity contribution in [3.8, 4) is 11.1 Å². The van der Waals surface area contributed by atoms with E-state index in [2.05, 4.69) is 96.3 Å². The maximum absolute atomic E-state index is 6.28. The van der Waals surface area contributed by atoms with Gasteiger partial charge in [-0.3, -0.25) is 0 Å². The molecule has 0 unspecified atom stereocenters. The van der Waals surface area contributed by atoms with Crippen LogP contribution in [0.4, 0.5) is 17.1 Å². The van der Waals surface area contributed by atoms with E-state index in [0.717, 1.165) is 27.8 Å². The van der Waals surface area contributed by atoms with Crippen LogP contribution in [0.15, 0.2) is 103 Å². The molecule has 0 aromatic heterocycles. The Kier molecular flexibility index (Phi) is 3.95. The van der Waals surface area contributed by atoms with Gasteiger partial charge in [0.05, 0.1) is 0 Å². The third-order valence-electron chi connectivity index (χ3n) is 5.17. The van der Waals surface area contributed by atoms with E-state index in [0.29, 0.717) is 0 Å². The topological polar surface area (TPSA) is 38.0 Å². The van der Waals surface area contributed by atoms with Crippen LogP contribution in [0.1, 0.15) is 0 Å². The summed E-state index contributed by atoms with van der Waals surface area (Å²) in [6, 6.07) is 35.7. The van der Waals surface area contributed by atoms with E-state index in [1.165, 1.54) is 21.9 Å². The average Bonchev–Trinajstić information content (AvgIpc) is 2.75. The van der Waals surface area contributed by atoms with Crippen LogP contribution in [0.5, 0.6) is 0 Å². The molecule has 0 radical (unpaired) electrons. The van der Waals surface area contributed by atoms with Gasteiger partial charge in [0.2, 0.25) is 0 Å². The lowest BCUT2D eigenvalue weighted by Crippen LogP contribution is -1.92. The van der Waals surface area contributed by atoms with E-state index in [9.17, 15) is 0 Å². The van der Waals surface area contributed by atoms with Crippen LogP contribution in [-0.4, -0.2) is 0 Å². The summed E-state index contributed by atoms with van der Waals surface area (Å²) in [5, 5.41) is 8.15. The molecule has 0 heterocycles. The van der Waals surface area contributed by atoms with Crippen LogP contribution in [0.2, 0.25) is 0 Å². The summed E-state index contributed by atoms with van der Waals surface area (Å²) in [6.07, 6.45) is 0. The molecule has 0 aliphatic heterocycles. The first-order valence-corrected chi connectivity index (χ1v) is 9.41. The van der Waals surface area contributed by atoms with Crippen LogP contribution >= 0.6 is 0 Å². The Labute approximate surface area is 164 Å². The minimum atomic E-state index is 0.812. The maximum atomic E-state index is 6.28. The number of benzene rings is 5. The SMILES string of the molecule is Nc1cc2cc(Nc3ccc(-c4ccccc4)cc3)ccc2c2ccccc12. The van der Waals surface area contributed by atoms with Crippen molar-refractivity contribution in [3.05, 3.63) is 103 Å². The molecular weight excluding hydrogens is 340 g/mol. The highest BCUT2D eigenvalue weighted by Crippen LogP contribution is 2.32. The van der Waals surface area contributed by atoms with E-state index in [1.807, 2.05) is 12.1 Å². The number of nitrogens with one attached hydrogen (secondary N) is 1. The van der Waals surface area contributed by atoms with Gasteiger partial charge in [-0.15, -0.1) is 0 Å². The highest BCUT2D eigenvalue weighted by molar-refractivity contribution is 6.13. The zero-order valence-electron chi connectivity index (χ0n) is 15.4. The summed E-state index contributed by atoms with van der Waals surface area (Å²) in [4.78, 5) is 0. The van der Waals surface area contributed by atoms with Crippen molar-refractivity contribution in [3.63, 3.8) is 0 Å². The predicted octanol–water partition coefficient (Wildman–Crippen LogP) is 6.99. The average molecular weight is 360 g/mol. The molecule has 3 N–H and O–H groups in total. The Bertz CT molecular complexity index is 1270. The predicted molar refractivity (Wildman–Crippen MR) is 121 cm³/mol. The molecule has 0 aliphatic rings. The first-order chi connectivity index (χ1) is 13.8. The Balaban J connectivity index is 1.47. The van der Waals surface area contributed by atoms with Crippen molar-refractivity contribution in [2.24, 2.45) is 0 Å². The standard InChI is InChI=1S/C26H20N2/c27-26-17-20-16-22(14-15-23(20)24-8-4-5-9-25(24)26)28-21-12-10-19(11-13-21)18-6-2-1-3-7-18/h1-17,28H,27H2. The Hall–Kier alpha value is -3.78. The van der Waals surface area contributed by atoms with Crippen LogP contribution in [0, 0.1) is 0 Å². The number of fused-ring (bicyclic) bond motifs is 3. The van der Waals surface area contributed by atoms with Crippen molar-refractivity contribution in [2.45, 2.75) is 0 Å². The second-order valence-corrected chi connectivity index (χ2v) is 7.02. The van der Waals surface area contributed by atoms with E-state index in [4.69, 9.17) is 5.73 Å². The second kappa shape index (κ2) is 6.75. The zero-order valence-corrected chi connectivity index (χ0v) is 15.4. The summed E-state index contributed by atoms with van der Waals surface area (Å²) in [5.41, 5.74) is 11.6. The molecule has 0 amide bonds. The van der Waals surface area contributed by atoms with Crippen LogP contribution in [0.25, 0.3) is 32.7 Å². The lowest BCUT2D eigenvalue weighted by Gasteiger charge is -2.11. The molecule has 0 saturated carbocycles. The minimum Gasteiger partial charge on any atom is -0.398 e. The smallest absolute Gasteiger partial charge is 0.0400 e. The van der Waals surface area contributed by atoms with Gasteiger partial charge in [0.25, 0.3) is 0 Å². The summed E-state index contributed by atoms with van der Waals surface area (Å²) in [7, 11) is 0. The Morgan fingerprint density at radius 1 is 0.500 bits per heavy atom. The second-order valence-electron chi connectivity index (χ2n) is 7.02. The molecule has 2 nitrogen and oxygen atoms in total. The summed E-state index contributed by atoms with van der Waals surface area (Å²) < 4.78 is 0. The lowest BCUT2D eigenvalue weighted by molar-refractivity contribution is 1.55. The fraction of sp³-hybridized carbons (Fsp3) is 0. The number of anilines is 3. The molecule has 5 aromatic rings. The van der Waals surface area contributed by atoms with Crippen LogP contribution < -0.4 is 11.1 Å². The molecular formula is C26H20N2. The van der Waals surface area contributed by atoms with Gasteiger partial charge in [-0.25, -0.2) is 0 Å². The monoisotopic (exact) mass is 360 g/mol. The van der Waals surface area contributed by atoms with E-state index < -0.39 is 0 Å². The summed E-state index contributed by atoms with van der Waals surface area (Å²) >= 11 is 0. The summed E-state index contributed by atoms with van der Waals surface area (Å²) in [5.74, 6) is 0. The van der Waals surface area contributed by atoms with E-state index >= 15 is 0 Å². The van der Waals surface area contributed by atoms with Gasteiger partial charge in [-0.1, -0.05) is 72.8 Å². The summed E-state index contributed by atoms with van der Waals surface area (Å²) in [6.45, 7) is 0. The largest absolute Gasteiger partial charge is 0.398 e. The first-order valence-electron chi connectivity index (χ1n) is 9.41. The van der Waals surface area contributed by atoms with Crippen LogP contribution in [0.3, 0.4) is 0 Å². The molecule has 0 fully saturated rings. The molecule has 0 saturated heterocycles. The fourth-order valence-electron chi connectivity index (χ4n) is 3.76. The lowest BCUT2D eigenvalue weighted by atomic mass is 10.00. The quantitative estimate of drug-likeness (QED) is 0.269. The number of hydrogen-bond acceptors (Lipinski definition) is 2. The number of rotatable bonds is 3. The molecule has 0 bridgehead atoms. The van der Waals surface area contributed by atoms with Gasteiger partial charge < -0.3 is 11.1 Å². The van der Waals surface area contributed by atoms with Crippen molar-refractivity contribution in [2.75, 3.05) is 11.1 Å². The normalized spacial score (nSPS) is 11.0. The van der Waals surface area contributed by atoms with Gasteiger partial charge in [0.1, 0.15) is 0 Å². The molecule has 134 valence electrons. The highest BCUT2D eigenvalue weighted by atomic mass is 14.9. The molecule has 0 atom stereocenters. The van der Waals surface area contributed by atoms with Gasteiger partial charge in [-0.2, -0.15) is 0 Å². The maximum Gasteiger partial charge on any atom is 0.0400 e. The molecule has 28 heavy (non-hydrogen) atoms. The third-order valence-corrected chi connectivity index (χ3v) is 5.17. The molecule has 5 rings (SSSR count). The van der Waals surface area contributed by atoms with Crippen LogP contribution in [-0.2, 0) is 0 Å². The van der Waals surface area contributed by atoms with E-state index in [1.54, 1.807) is 0 Å². The molecule has 0 spiro atoms. The van der Waals surface area contributed by atoms with Gasteiger partial charge in [0.15, 0.2) is 0 Å². The number of hydrogen-bond donors (Lipinski definition) is 2. The molecule has 0 aliphatic carbocycles. The number of nitrogens with two attached hydrogens (primary N) is 1. The minimum absolute atomic E-state index is 0.812. The van der Waals surface area contributed by atoms with Crippen molar-refractivity contribution < 1.29 is 0 Å². The van der Waals surface area contributed by atoms with Gasteiger partial charge in [0, 0.05) is 22.4 Å². The zero-order chi connectivity index (χ0) is 18.9. The van der Waals surface area contributed by atoms with Crippen molar-refractivity contribution in [1.29, 1.82) is 0 Å². The number of nitrogen functional groups attached to an aromatic ring is 1. The molecule has 2 heteroatoms. The fourth-order valence-corrected chi connectivity index (χ4v) is 3.76.